The molecule has 1 aromatic carbocycles. The second-order valence-corrected chi connectivity index (χ2v) is 8.29. The number of aromatic nitrogens is 1. The molecule has 1 fully saturated rings. The minimum Gasteiger partial charge on any atom is -0.372 e. The highest BCUT2D eigenvalue weighted by Gasteiger charge is 2.28. The normalized spacial score (nSPS) is 23.0. The van der Waals surface area contributed by atoms with Gasteiger partial charge in [-0.25, -0.2) is 10.4 Å². The van der Waals surface area contributed by atoms with Gasteiger partial charge in [0.15, 0.2) is 0 Å². The highest BCUT2D eigenvalue weighted by atomic mass is 35.5. The van der Waals surface area contributed by atoms with E-state index >= 15 is 0 Å². The Hall–Kier alpha value is -1.51. The van der Waals surface area contributed by atoms with Crippen molar-refractivity contribution in [1.29, 1.82) is 0 Å². The molecule has 2 aromatic rings. The van der Waals surface area contributed by atoms with Crippen molar-refractivity contribution in [2.45, 2.75) is 18.9 Å². The number of rotatable bonds is 4. The average Bonchev–Trinajstić information content (AvgIpc) is 3.22. The number of halogens is 2. The van der Waals surface area contributed by atoms with Crippen molar-refractivity contribution in [3.8, 4) is 0 Å². The fraction of sp³-hybridized carbons (Fsp3) is 0.389. The van der Waals surface area contributed by atoms with E-state index in [9.17, 15) is 4.79 Å². The van der Waals surface area contributed by atoms with Crippen molar-refractivity contribution in [2.24, 2.45) is 11.0 Å². The van der Waals surface area contributed by atoms with E-state index in [4.69, 9.17) is 27.9 Å². The highest BCUT2D eigenvalue weighted by molar-refractivity contribution is 7.09. The van der Waals surface area contributed by atoms with Crippen LogP contribution in [0.3, 0.4) is 0 Å². The van der Waals surface area contributed by atoms with E-state index in [0.717, 1.165) is 35.8 Å². The SMILES string of the molecule is O=C1CC(c2csc(C[C@@H]3CNCCO[C@H]3c3ccc(Cl)c(Cl)c3)n2)=NN1. The smallest absolute Gasteiger partial charge is 0.246 e. The lowest BCUT2D eigenvalue weighted by Crippen LogP contribution is -2.26. The number of carbonyl (C=O) groups excluding carboxylic acids is 1. The van der Waals surface area contributed by atoms with Crippen molar-refractivity contribution in [3.63, 3.8) is 0 Å². The summed E-state index contributed by atoms with van der Waals surface area (Å²) in [6.45, 7) is 2.26. The minimum atomic E-state index is -0.0967. The van der Waals surface area contributed by atoms with Gasteiger partial charge in [0, 0.05) is 30.8 Å². The van der Waals surface area contributed by atoms with Crippen LogP contribution in [0.15, 0.2) is 28.7 Å². The number of hydrazone groups is 1. The van der Waals surface area contributed by atoms with Gasteiger partial charge in [-0.15, -0.1) is 11.3 Å². The Morgan fingerprint density at radius 3 is 2.96 bits per heavy atom. The van der Waals surface area contributed by atoms with Gasteiger partial charge in [-0.1, -0.05) is 29.3 Å². The molecule has 142 valence electrons. The van der Waals surface area contributed by atoms with Gasteiger partial charge in [0.2, 0.25) is 5.91 Å². The first-order valence-electron chi connectivity index (χ1n) is 8.67. The number of nitrogens with zero attached hydrogens (tertiary/aromatic N) is 2. The number of amides is 1. The Morgan fingerprint density at radius 2 is 2.19 bits per heavy atom. The molecule has 1 amide bonds. The van der Waals surface area contributed by atoms with Crippen molar-refractivity contribution in [2.75, 3.05) is 19.7 Å². The van der Waals surface area contributed by atoms with E-state index in [-0.39, 0.29) is 24.3 Å². The van der Waals surface area contributed by atoms with Crippen LogP contribution in [0.1, 0.15) is 28.8 Å². The molecule has 3 heterocycles. The van der Waals surface area contributed by atoms with Gasteiger partial charge >= 0.3 is 0 Å². The lowest BCUT2D eigenvalue weighted by Gasteiger charge is -2.24. The van der Waals surface area contributed by atoms with Crippen LogP contribution >= 0.6 is 34.5 Å². The summed E-state index contributed by atoms with van der Waals surface area (Å²) >= 11 is 13.8. The Kier molecular flexibility index (Phi) is 5.75. The van der Waals surface area contributed by atoms with Gasteiger partial charge in [-0.05, 0) is 17.7 Å². The number of hydrogen-bond donors (Lipinski definition) is 2. The Morgan fingerprint density at radius 1 is 1.30 bits per heavy atom. The Labute approximate surface area is 170 Å². The van der Waals surface area contributed by atoms with E-state index < -0.39 is 0 Å². The summed E-state index contributed by atoms with van der Waals surface area (Å²) in [6, 6.07) is 5.65. The monoisotopic (exact) mass is 424 g/mol. The van der Waals surface area contributed by atoms with E-state index in [1.165, 1.54) is 0 Å². The van der Waals surface area contributed by atoms with E-state index in [1.54, 1.807) is 11.3 Å². The van der Waals surface area contributed by atoms with E-state index in [1.807, 2.05) is 23.6 Å². The molecule has 0 spiro atoms. The predicted octanol–water partition coefficient (Wildman–Crippen LogP) is 3.19. The first-order valence-corrected chi connectivity index (χ1v) is 10.3. The minimum absolute atomic E-state index is 0.0887. The maximum Gasteiger partial charge on any atom is 0.246 e. The molecular weight excluding hydrogens is 407 g/mol. The zero-order valence-electron chi connectivity index (χ0n) is 14.4. The van der Waals surface area contributed by atoms with Crippen LogP contribution in [0.25, 0.3) is 0 Å². The lowest BCUT2D eigenvalue weighted by molar-refractivity contribution is -0.119. The molecule has 4 rings (SSSR count). The standard InChI is InChI=1S/C18H18Cl2N4O2S/c19-12-2-1-10(5-13(12)20)18-11(8-21-3-4-26-18)6-17-22-15(9-27-17)14-7-16(25)24-23-14/h1-2,5,9,11,18,21H,3-4,6-8H2,(H,24,25)/t11-,18+/m1/s1. The maximum absolute atomic E-state index is 11.3. The highest BCUT2D eigenvalue weighted by Crippen LogP contribution is 2.34. The molecule has 2 atom stereocenters. The van der Waals surface area contributed by atoms with Crippen molar-refractivity contribution in [1.82, 2.24) is 15.7 Å². The van der Waals surface area contributed by atoms with Crippen LogP contribution in [0, 0.1) is 5.92 Å². The largest absolute Gasteiger partial charge is 0.372 e. The number of ether oxygens (including phenoxy) is 1. The first kappa shape index (κ1) is 18.8. The quantitative estimate of drug-likeness (QED) is 0.789. The molecule has 27 heavy (non-hydrogen) atoms. The summed E-state index contributed by atoms with van der Waals surface area (Å²) in [5, 5.41) is 11.5. The molecule has 9 heteroatoms. The van der Waals surface area contributed by atoms with Crippen molar-refractivity contribution in [3.05, 3.63) is 49.9 Å². The molecule has 1 aromatic heterocycles. The van der Waals surface area contributed by atoms with Gasteiger partial charge in [0.25, 0.3) is 0 Å². The fourth-order valence-corrected chi connectivity index (χ4v) is 4.50. The summed E-state index contributed by atoms with van der Waals surface area (Å²) in [4.78, 5) is 16.0. The van der Waals surface area contributed by atoms with Crippen LogP contribution in [-0.4, -0.2) is 36.3 Å². The van der Waals surface area contributed by atoms with Gasteiger partial charge in [-0.2, -0.15) is 5.10 Å². The van der Waals surface area contributed by atoms with Crippen LogP contribution in [-0.2, 0) is 16.0 Å². The van der Waals surface area contributed by atoms with E-state index in [2.05, 4.69) is 20.8 Å². The summed E-state index contributed by atoms with van der Waals surface area (Å²) < 4.78 is 6.12. The predicted molar refractivity (Wildman–Crippen MR) is 107 cm³/mol. The Bertz CT molecular complexity index is 886. The molecule has 0 bridgehead atoms. The number of benzene rings is 1. The van der Waals surface area contributed by atoms with Crippen LogP contribution in [0.5, 0.6) is 0 Å². The van der Waals surface area contributed by atoms with Gasteiger partial charge in [0.1, 0.15) is 0 Å². The number of hydrogen-bond acceptors (Lipinski definition) is 6. The van der Waals surface area contributed by atoms with Crippen LogP contribution in [0.2, 0.25) is 10.0 Å². The van der Waals surface area contributed by atoms with Crippen molar-refractivity contribution < 1.29 is 9.53 Å². The zero-order valence-corrected chi connectivity index (χ0v) is 16.7. The summed E-state index contributed by atoms with van der Waals surface area (Å²) in [7, 11) is 0. The van der Waals surface area contributed by atoms with E-state index in [0.29, 0.717) is 22.4 Å². The summed E-state index contributed by atoms with van der Waals surface area (Å²) in [5.74, 6) is 0.106. The van der Waals surface area contributed by atoms with Crippen LogP contribution < -0.4 is 10.7 Å². The first-order chi connectivity index (χ1) is 13.1. The molecule has 2 aliphatic rings. The number of nitrogens with one attached hydrogen (secondary N) is 2. The third-order valence-corrected chi connectivity index (χ3v) is 6.22. The summed E-state index contributed by atoms with van der Waals surface area (Å²) in [5.41, 5.74) is 4.94. The number of carbonyl (C=O) groups is 1. The van der Waals surface area contributed by atoms with Gasteiger partial charge in [-0.3, -0.25) is 4.79 Å². The molecule has 0 unspecified atom stereocenters. The second-order valence-electron chi connectivity index (χ2n) is 6.53. The molecule has 0 aliphatic carbocycles. The molecule has 0 saturated carbocycles. The topological polar surface area (TPSA) is 75.6 Å². The molecule has 1 saturated heterocycles. The molecule has 6 nitrogen and oxygen atoms in total. The number of thiazole rings is 1. The third kappa shape index (κ3) is 4.33. The summed E-state index contributed by atoms with van der Waals surface area (Å²) in [6.07, 6.45) is 0.953. The Balaban J connectivity index is 1.54. The molecule has 2 N–H and O–H groups in total. The maximum atomic E-state index is 11.3. The average molecular weight is 425 g/mol. The zero-order chi connectivity index (χ0) is 18.8. The molecule has 0 radical (unpaired) electrons. The second kappa shape index (κ2) is 8.24. The molecular formula is C18H18Cl2N4O2S. The third-order valence-electron chi connectivity index (χ3n) is 4.61. The lowest BCUT2D eigenvalue weighted by atomic mass is 9.93. The van der Waals surface area contributed by atoms with Crippen molar-refractivity contribution >= 4 is 46.2 Å². The van der Waals surface area contributed by atoms with Crippen LogP contribution in [0.4, 0.5) is 0 Å². The fourth-order valence-electron chi connectivity index (χ4n) is 3.30. The van der Waals surface area contributed by atoms with Gasteiger partial charge < -0.3 is 10.1 Å². The molecule has 2 aliphatic heterocycles. The van der Waals surface area contributed by atoms with Gasteiger partial charge in [0.05, 0.1) is 45.6 Å².